The molecule has 0 N–H and O–H groups in total. The first-order valence-electron chi connectivity index (χ1n) is 17.0. The number of hydrogen-bond acceptors (Lipinski definition) is 6. The second-order valence-corrected chi connectivity index (χ2v) is 12.9. The van der Waals surface area contributed by atoms with Crippen LogP contribution in [0.15, 0.2) is 167 Å². The molecule has 10 aromatic rings. The molecular formula is C44H28N4O3. The first-order valence-corrected chi connectivity index (χ1v) is 17.0. The molecule has 0 atom stereocenters. The lowest BCUT2D eigenvalue weighted by Gasteiger charge is -2.22. The van der Waals surface area contributed by atoms with Crippen molar-refractivity contribution in [2.24, 2.45) is 0 Å². The number of pyridine rings is 1. The van der Waals surface area contributed by atoms with Gasteiger partial charge >= 0.3 is 0 Å². The number of fused-ring (bicyclic) bond motifs is 10. The molecule has 1 aliphatic heterocycles. The first-order chi connectivity index (χ1) is 25.3. The minimum Gasteiger partial charge on any atom is -0.456 e. The lowest BCUT2D eigenvalue weighted by Crippen LogP contribution is -2.24. The van der Waals surface area contributed by atoms with Crippen molar-refractivity contribution < 1.29 is 13.6 Å². The fraction of sp³-hybridized carbons (Fsp3) is 0.0227. The quantitative estimate of drug-likeness (QED) is 0.183. The molecule has 242 valence electrons. The Bertz CT molecular complexity index is 2990. The molecule has 0 unspecified atom stereocenters. The van der Waals surface area contributed by atoms with Gasteiger partial charge in [-0.1, -0.05) is 60.7 Å². The van der Waals surface area contributed by atoms with Crippen LogP contribution in [0.2, 0.25) is 0 Å². The number of hydrogen-bond donors (Lipinski definition) is 0. The van der Waals surface area contributed by atoms with Crippen LogP contribution in [0.3, 0.4) is 0 Å². The average molecular weight is 661 g/mol. The van der Waals surface area contributed by atoms with E-state index in [0.717, 1.165) is 77.3 Å². The molecule has 7 heteroatoms. The summed E-state index contributed by atoms with van der Waals surface area (Å²) in [5, 5.41) is 6.25. The maximum absolute atomic E-state index is 6.89. The van der Waals surface area contributed by atoms with E-state index in [1.807, 2.05) is 60.8 Å². The minimum absolute atomic E-state index is 0.631. The molecule has 51 heavy (non-hydrogen) atoms. The summed E-state index contributed by atoms with van der Waals surface area (Å²) in [6, 6.07) is 47.6. The second-order valence-electron chi connectivity index (χ2n) is 12.9. The molecule has 0 aliphatic carbocycles. The monoisotopic (exact) mass is 660 g/mol. The molecule has 0 saturated carbocycles. The molecular weight excluding hydrogens is 633 g/mol. The largest absolute Gasteiger partial charge is 0.456 e. The molecule has 0 bridgehead atoms. The molecule has 11 rings (SSSR count). The van der Waals surface area contributed by atoms with E-state index in [0.29, 0.717) is 23.8 Å². The summed E-state index contributed by atoms with van der Waals surface area (Å²) in [5.41, 5.74) is 7.31. The Hall–Kier alpha value is -6.99. The van der Waals surface area contributed by atoms with Gasteiger partial charge in [-0.25, -0.2) is 4.98 Å². The van der Waals surface area contributed by atoms with E-state index in [-0.39, 0.29) is 0 Å². The summed E-state index contributed by atoms with van der Waals surface area (Å²) < 4.78 is 22.1. The fourth-order valence-electron chi connectivity index (χ4n) is 7.59. The van der Waals surface area contributed by atoms with E-state index < -0.39 is 0 Å². The predicted octanol–water partition coefficient (Wildman–Crippen LogP) is 11.5. The van der Waals surface area contributed by atoms with Crippen LogP contribution in [-0.2, 0) is 0 Å². The van der Waals surface area contributed by atoms with Crippen LogP contribution in [0.25, 0.3) is 71.5 Å². The third-order valence-corrected chi connectivity index (χ3v) is 9.93. The summed E-state index contributed by atoms with van der Waals surface area (Å²) >= 11 is 0. The predicted molar refractivity (Wildman–Crippen MR) is 205 cm³/mol. The highest BCUT2D eigenvalue weighted by molar-refractivity contribution is 6.22. The van der Waals surface area contributed by atoms with Gasteiger partial charge < -0.3 is 23.4 Å². The van der Waals surface area contributed by atoms with Gasteiger partial charge in [-0.3, -0.25) is 4.57 Å². The molecule has 6 aromatic carbocycles. The van der Waals surface area contributed by atoms with Gasteiger partial charge in [-0.2, -0.15) is 0 Å². The average Bonchev–Trinajstić information content (AvgIpc) is 3.97. The molecule has 1 aliphatic rings. The summed E-state index contributed by atoms with van der Waals surface area (Å²) in [5.74, 6) is 2.18. The van der Waals surface area contributed by atoms with Gasteiger partial charge in [-0.15, -0.1) is 0 Å². The van der Waals surface area contributed by atoms with Gasteiger partial charge in [0.05, 0.1) is 23.1 Å². The van der Waals surface area contributed by atoms with E-state index in [1.165, 1.54) is 0 Å². The maximum atomic E-state index is 6.89. The normalized spacial score (nSPS) is 13.3. The van der Waals surface area contributed by atoms with E-state index >= 15 is 0 Å². The number of nitrogens with zero attached hydrogens (tertiary/aromatic N) is 4. The van der Waals surface area contributed by atoms with Gasteiger partial charge in [0.2, 0.25) is 0 Å². The highest BCUT2D eigenvalue weighted by Crippen LogP contribution is 2.45. The van der Waals surface area contributed by atoms with Gasteiger partial charge in [-0.05, 0) is 66.7 Å². The van der Waals surface area contributed by atoms with Crippen LogP contribution < -0.4 is 14.5 Å². The number of para-hydroxylation sites is 3. The minimum atomic E-state index is 0.631. The maximum Gasteiger partial charge on any atom is 0.178 e. The molecule has 0 saturated heterocycles. The molecule has 0 spiro atoms. The Balaban J connectivity index is 1.11. The van der Waals surface area contributed by atoms with Crippen LogP contribution in [0, 0.1) is 0 Å². The Labute approximate surface area is 291 Å². The van der Waals surface area contributed by atoms with E-state index in [4.69, 9.17) is 18.6 Å². The summed E-state index contributed by atoms with van der Waals surface area (Å²) in [7, 11) is 0. The topological polar surface area (TPSA) is 59.8 Å². The van der Waals surface area contributed by atoms with Crippen molar-refractivity contribution in [1.29, 1.82) is 0 Å². The lowest BCUT2D eigenvalue weighted by atomic mass is 10.1. The zero-order valence-corrected chi connectivity index (χ0v) is 27.2. The van der Waals surface area contributed by atoms with Gasteiger partial charge in [0.1, 0.15) is 28.3 Å². The van der Waals surface area contributed by atoms with Crippen molar-refractivity contribution >= 4 is 77.1 Å². The zero-order valence-electron chi connectivity index (χ0n) is 27.2. The van der Waals surface area contributed by atoms with Crippen molar-refractivity contribution in [2.75, 3.05) is 16.5 Å². The smallest absolute Gasteiger partial charge is 0.178 e. The van der Waals surface area contributed by atoms with Crippen LogP contribution in [0.1, 0.15) is 0 Å². The fourth-order valence-corrected chi connectivity index (χ4v) is 7.59. The number of anilines is 2. The third-order valence-electron chi connectivity index (χ3n) is 9.93. The number of benzene rings is 6. The van der Waals surface area contributed by atoms with Crippen molar-refractivity contribution in [3.8, 4) is 17.3 Å². The Morgan fingerprint density at radius 1 is 0.529 bits per heavy atom. The first kappa shape index (κ1) is 27.9. The molecule has 7 nitrogen and oxygen atoms in total. The van der Waals surface area contributed by atoms with E-state index in [9.17, 15) is 0 Å². The van der Waals surface area contributed by atoms with E-state index in [2.05, 4.69) is 112 Å². The van der Waals surface area contributed by atoms with Crippen molar-refractivity contribution in [1.82, 2.24) is 9.55 Å². The Morgan fingerprint density at radius 3 is 2.18 bits per heavy atom. The molecule has 4 aromatic heterocycles. The molecule has 5 heterocycles. The standard InChI is InChI=1S/C44H28N4O3/c1-2-10-28(11-3-1)46-22-23-47(27-46)29-24-35-33-19-20-39-42(34-13-5-7-15-38(34)50-39)44(33)51-43(35)40(25-29)49-30-17-18-32-31-12-4-6-14-36(31)48(37(32)26-30)41-16-8-9-21-45-41/h1-26H,27H2. The number of aromatic nitrogens is 2. The van der Waals surface area contributed by atoms with Gasteiger partial charge in [0, 0.05) is 69.0 Å². The molecule has 0 amide bonds. The van der Waals surface area contributed by atoms with Crippen molar-refractivity contribution in [3.63, 3.8) is 0 Å². The number of furan rings is 2. The van der Waals surface area contributed by atoms with Gasteiger partial charge in [0.15, 0.2) is 11.3 Å². The SMILES string of the molecule is C1=CN(c2cc(Oc3ccc4c5ccccc5n(-c5ccccn5)c4c3)c3oc4c(ccc5oc6ccccc6c54)c3c2)CN1c1ccccc1. The highest BCUT2D eigenvalue weighted by atomic mass is 16.5. The second kappa shape index (κ2) is 10.8. The van der Waals surface area contributed by atoms with Crippen LogP contribution >= 0.6 is 0 Å². The molecule has 0 radical (unpaired) electrons. The zero-order chi connectivity index (χ0) is 33.5. The van der Waals surface area contributed by atoms with E-state index in [1.54, 1.807) is 0 Å². The van der Waals surface area contributed by atoms with Gasteiger partial charge in [0.25, 0.3) is 0 Å². The summed E-state index contributed by atoms with van der Waals surface area (Å²) in [6.07, 6.45) is 6.05. The van der Waals surface area contributed by atoms with Crippen molar-refractivity contribution in [2.45, 2.75) is 0 Å². The Kier molecular flexibility index (Phi) is 5.89. The highest BCUT2D eigenvalue weighted by Gasteiger charge is 2.23. The van der Waals surface area contributed by atoms with Crippen LogP contribution in [0.4, 0.5) is 11.4 Å². The van der Waals surface area contributed by atoms with Crippen LogP contribution in [-0.4, -0.2) is 16.2 Å². The Morgan fingerprint density at radius 2 is 1.29 bits per heavy atom. The molecule has 0 fully saturated rings. The van der Waals surface area contributed by atoms with Crippen molar-refractivity contribution in [3.05, 3.63) is 158 Å². The number of rotatable bonds is 5. The summed E-state index contributed by atoms with van der Waals surface area (Å²) in [4.78, 5) is 9.16. The lowest BCUT2D eigenvalue weighted by molar-refractivity contribution is 0.477. The summed E-state index contributed by atoms with van der Waals surface area (Å²) in [6.45, 7) is 0.664. The number of ether oxygens (including phenoxy) is 1. The third kappa shape index (κ3) is 4.28. The van der Waals surface area contributed by atoms with Crippen LogP contribution in [0.5, 0.6) is 11.5 Å².